The second-order valence-electron chi connectivity index (χ2n) is 7.03. The number of carbonyl (C=O) groups excluding carboxylic acids is 1. The number of urea groups is 1. The van der Waals surface area contributed by atoms with Gasteiger partial charge in [-0.3, -0.25) is 5.32 Å². The SMILES string of the molecule is CC(C)CN(CC(C)C)c1ccc(NC(=O)Nc2ccc(F)cc2F)s1. The van der Waals surface area contributed by atoms with Gasteiger partial charge in [-0.1, -0.05) is 27.7 Å². The molecule has 0 aliphatic carbocycles. The Morgan fingerprint density at radius 1 is 1.04 bits per heavy atom. The van der Waals surface area contributed by atoms with Crippen molar-refractivity contribution in [2.75, 3.05) is 28.6 Å². The Kier molecular flexibility index (Phi) is 6.97. The third-order valence-electron chi connectivity index (χ3n) is 3.49. The third kappa shape index (κ3) is 5.98. The quantitative estimate of drug-likeness (QED) is 0.638. The molecule has 0 aliphatic rings. The van der Waals surface area contributed by atoms with Crippen LogP contribution in [0.25, 0.3) is 0 Å². The molecule has 26 heavy (non-hydrogen) atoms. The Morgan fingerprint density at radius 2 is 1.69 bits per heavy atom. The molecule has 0 unspecified atom stereocenters. The first-order chi connectivity index (χ1) is 12.2. The minimum Gasteiger partial charge on any atom is -0.363 e. The van der Waals surface area contributed by atoms with Crippen LogP contribution in [-0.4, -0.2) is 19.1 Å². The first kappa shape index (κ1) is 20.2. The van der Waals surface area contributed by atoms with Crippen molar-refractivity contribution in [3.63, 3.8) is 0 Å². The van der Waals surface area contributed by atoms with Crippen molar-refractivity contribution in [2.24, 2.45) is 11.8 Å². The highest BCUT2D eigenvalue weighted by molar-refractivity contribution is 7.20. The minimum atomic E-state index is -0.813. The summed E-state index contributed by atoms with van der Waals surface area (Å²) in [5.74, 6) is -0.451. The maximum absolute atomic E-state index is 13.6. The molecule has 0 spiro atoms. The summed E-state index contributed by atoms with van der Waals surface area (Å²) >= 11 is 1.47. The summed E-state index contributed by atoms with van der Waals surface area (Å²) in [6.07, 6.45) is 0. The zero-order chi connectivity index (χ0) is 19.3. The van der Waals surface area contributed by atoms with Crippen LogP contribution in [0.2, 0.25) is 0 Å². The number of anilines is 3. The van der Waals surface area contributed by atoms with Gasteiger partial charge in [-0.15, -0.1) is 11.3 Å². The van der Waals surface area contributed by atoms with Gasteiger partial charge in [0.25, 0.3) is 0 Å². The van der Waals surface area contributed by atoms with Crippen LogP contribution < -0.4 is 15.5 Å². The minimum absolute atomic E-state index is 0.0677. The first-order valence-corrected chi connectivity index (χ1v) is 9.44. The lowest BCUT2D eigenvalue weighted by atomic mass is 10.1. The maximum Gasteiger partial charge on any atom is 0.324 e. The summed E-state index contributed by atoms with van der Waals surface area (Å²) in [4.78, 5) is 14.4. The number of hydrogen-bond donors (Lipinski definition) is 2. The van der Waals surface area contributed by atoms with E-state index in [1.54, 1.807) is 0 Å². The van der Waals surface area contributed by atoms with E-state index in [0.29, 0.717) is 16.8 Å². The highest BCUT2D eigenvalue weighted by Crippen LogP contribution is 2.31. The van der Waals surface area contributed by atoms with Gasteiger partial charge in [0.05, 0.1) is 15.7 Å². The number of benzene rings is 1. The van der Waals surface area contributed by atoms with E-state index < -0.39 is 17.7 Å². The van der Waals surface area contributed by atoms with Crippen LogP contribution in [0, 0.1) is 23.5 Å². The molecular weight excluding hydrogens is 356 g/mol. The number of carbonyl (C=O) groups is 1. The number of nitrogens with one attached hydrogen (secondary N) is 2. The zero-order valence-electron chi connectivity index (χ0n) is 15.5. The summed E-state index contributed by atoms with van der Waals surface area (Å²) < 4.78 is 26.5. The van der Waals surface area contributed by atoms with Crippen LogP contribution >= 0.6 is 11.3 Å². The molecule has 7 heteroatoms. The Hall–Kier alpha value is -2.15. The number of hydrogen-bond acceptors (Lipinski definition) is 3. The fourth-order valence-electron chi connectivity index (χ4n) is 2.56. The van der Waals surface area contributed by atoms with Crippen molar-refractivity contribution in [3.8, 4) is 0 Å². The van der Waals surface area contributed by atoms with E-state index in [1.807, 2.05) is 12.1 Å². The Balaban J connectivity index is 2.02. The summed E-state index contributed by atoms with van der Waals surface area (Å²) in [5.41, 5.74) is -0.0677. The van der Waals surface area contributed by atoms with Gasteiger partial charge in [-0.25, -0.2) is 13.6 Å². The highest BCUT2D eigenvalue weighted by Gasteiger charge is 2.14. The second kappa shape index (κ2) is 8.98. The lowest BCUT2D eigenvalue weighted by Crippen LogP contribution is -2.30. The lowest BCUT2D eigenvalue weighted by molar-refractivity contribution is 0.262. The molecule has 0 radical (unpaired) electrons. The van der Waals surface area contributed by atoms with E-state index in [1.165, 1.54) is 17.4 Å². The summed E-state index contributed by atoms with van der Waals surface area (Å²) in [7, 11) is 0. The number of amides is 2. The smallest absolute Gasteiger partial charge is 0.324 e. The second-order valence-corrected chi connectivity index (χ2v) is 8.10. The van der Waals surface area contributed by atoms with Crippen LogP contribution in [0.5, 0.6) is 0 Å². The molecular formula is C19H25F2N3OS. The summed E-state index contributed by atoms with van der Waals surface area (Å²) in [5, 5.41) is 6.83. The maximum atomic E-state index is 13.6. The van der Waals surface area contributed by atoms with Crippen LogP contribution in [0.1, 0.15) is 27.7 Å². The predicted molar refractivity (Wildman–Crippen MR) is 105 cm³/mol. The zero-order valence-corrected chi connectivity index (χ0v) is 16.3. The molecule has 0 saturated heterocycles. The first-order valence-electron chi connectivity index (χ1n) is 8.62. The largest absolute Gasteiger partial charge is 0.363 e. The molecule has 2 rings (SSSR count). The average molecular weight is 381 g/mol. The van der Waals surface area contributed by atoms with Crippen molar-refractivity contribution >= 4 is 33.1 Å². The molecule has 2 N–H and O–H groups in total. The van der Waals surface area contributed by atoms with Crippen molar-refractivity contribution in [1.29, 1.82) is 0 Å². The monoisotopic (exact) mass is 381 g/mol. The van der Waals surface area contributed by atoms with E-state index in [0.717, 1.165) is 30.2 Å². The van der Waals surface area contributed by atoms with E-state index in [2.05, 4.69) is 43.2 Å². The van der Waals surface area contributed by atoms with Crippen molar-refractivity contribution in [3.05, 3.63) is 42.0 Å². The molecule has 0 saturated carbocycles. The molecule has 0 atom stereocenters. The molecule has 142 valence electrons. The van der Waals surface area contributed by atoms with Crippen molar-refractivity contribution in [2.45, 2.75) is 27.7 Å². The molecule has 2 amide bonds. The average Bonchev–Trinajstić information content (AvgIpc) is 2.97. The third-order valence-corrected chi connectivity index (χ3v) is 4.55. The molecule has 1 heterocycles. The van der Waals surface area contributed by atoms with Gasteiger partial charge in [0.2, 0.25) is 0 Å². The molecule has 1 aromatic heterocycles. The topological polar surface area (TPSA) is 44.4 Å². The van der Waals surface area contributed by atoms with Gasteiger partial charge in [-0.05, 0) is 36.1 Å². The number of thiophene rings is 1. The van der Waals surface area contributed by atoms with Gasteiger partial charge in [0, 0.05) is 19.2 Å². The van der Waals surface area contributed by atoms with Crippen molar-refractivity contribution < 1.29 is 13.6 Å². The molecule has 0 bridgehead atoms. The van der Waals surface area contributed by atoms with Crippen LogP contribution in [0.4, 0.5) is 29.3 Å². The standard InChI is InChI=1S/C19H25F2N3OS/c1-12(2)10-24(11-13(3)4)18-8-7-17(26-18)23-19(25)22-16-6-5-14(20)9-15(16)21/h5-9,12-13H,10-11H2,1-4H3,(H2,22,23,25). The molecule has 4 nitrogen and oxygen atoms in total. The Morgan fingerprint density at radius 3 is 2.27 bits per heavy atom. The highest BCUT2D eigenvalue weighted by atomic mass is 32.1. The normalized spacial score (nSPS) is 11.1. The number of halogens is 2. The number of rotatable bonds is 7. The fourth-order valence-corrected chi connectivity index (χ4v) is 3.48. The van der Waals surface area contributed by atoms with E-state index >= 15 is 0 Å². The van der Waals surface area contributed by atoms with E-state index in [9.17, 15) is 13.6 Å². The molecule has 0 fully saturated rings. The van der Waals surface area contributed by atoms with Gasteiger partial charge >= 0.3 is 6.03 Å². The van der Waals surface area contributed by atoms with Crippen LogP contribution in [0.15, 0.2) is 30.3 Å². The van der Waals surface area contributed by atoms with E-state index in [4.69, 9.17) is 0 Å². The molecule has 0 aliphatic heterocycles. The van der Waals surface area contributed by atoms with E-state index in [-0.39, 0.29) is 5.69 Å². The van der Waals surface area contributed by atoms with Gasteiger partial charge in [0.15, 0.2) is 0 Å². The predicted octanol–water partition coefficient (Wildman–Crippen LogP) is 5.79. The van der Waals surface area contributed by atoms with Crippen LogP contribution in [0.3, 0.4) is 0 Å². The number of nitrogens with zero attached hydrogens (tertiary/aromatic N) is 1. The summed E-state index contributed by atoms with van der Waals surface area (Å²) in [6, 6.07) is 6.25. The summed E-state index contributed by atoms with van der Waals surface area (Å²) in [6.45, 7) is 10.6. The fraction of sp³-hybridized carbons (Fsp3) is 0.421. The van der Waals surface area contributed by atoms with Gasteiger partial charge in [0.1, 0.15) is 11.6 Å². The van der Waals surface area contributed by atoms with Crippen molar-refractivity contribution in [1.82, 2.24) is 0 Å². The van der Waals surface area contributed by atoms with Gasteiger partial charge < -0.3 is 10.2 Å². The van der Waals surface area contributed by atoms with Gasteiger partial charge in [-0.2, -0.15) is 0 Å². The molecule has 1 aromatic carbocycles. The Bertz CT molecular complexity index is 736. The molecule has 2 aromatic rings. The lowest BCUT2D eigenvalue weighted by Gasteiger charge is -2.26. The Labute approximate surface area is 157 Å². The van der Waals surface area contributed by atoms with Crippen LogP contribution in [-0.2, 0) is 0 Å².